The number of carbonyl (C=O) groups excluding carboxylic acids is 4. The van der Waals surface area contributed by atoms with Gasteiger partial charge in [0.05, 0.1) is 22.4 Å². The fourth-order valence-electron chi connectivity index (χ4n) is 6.24. The van der Waals surface area contributed by atoms with Crippen molar-refractivity contribution in [3.8, 4) is 0 Å². The summed E-state index contributed by atoms with van der Waals surface area (Å²) in [5.74, 6) is -4.01. The number of nitro benzene ring substituents is 1. The van der Waals surface area contributed by atoms with Crippen molar-refractivity contribution in [2.45, 2.75) is 24.4 Å². The molecule has 2 aromatic rings. The van der Waals surface area contributed by atoms with Gasteiger partial charge in [-0.3, -0.25) is 34.2 Å². The van der Waals surface area contributed by atoms with Crippen LogP contribution in [0.25, 0.3) is 0 Å². The molecule has 0 radical (unpaired) electrons. The molecule has 3 fully saturated rings. The lowest BCUT2D eigenvalue weighted by atomic mass is 9.76. The molecule has 3 saturated heterocycles. The predicted molar refractivity (Wildman–Crippen MR) is 110 cm³/mol. The third kappa shape index (κ3) is 2.02. The van der Waals surface area contributed by atoms with Crippen molar-refractivity contribution in [2.75, 3.05) is 11.4 Å². The number of amides is 2. The summed E-state index contributed by atoms with van der Waals surface area (Å²) in [6.45, 7) is 0.459. The number of rotatable bonds is 2. The van der Waals surface area contributed by atoms with E-state index in [1.165, 1.54) is 24.3 Å². The summed E-state index contributed by atoms with van der Waals surface area (Å²) in [5, 5.41) is 11.2. The van der Waals surface area contributed by atoms with E-state index in [2.05, 4.69) is 0 Å². The zero-order valence-electron chi connectivity index (χ0n) is 16.8. The van der Waals surface area contributed by atoms with Gasteiger partial charge in [0.15, 0.2) is 17.1 Å². The molecule has 4 aliphatic rings. The maximum absolute atomic E-state index is 13.7. The van der Waals surface area contributed by atoms with E-state index in [9.17, 15) is 29.3 Å². The van der Waals surface area contributed by atoms with E-state index in [1.807, 2.05) is 0 Å². The third-order valence-corrected chi connectivity index (χ3v) is 7.38. The molecule has 2 amide bonds. The lowest BCUT2D eigenvalue weighted by Gasteiger charge is -2.35. The molecule has 6 rings (SSSR count). The van der Waals surface area contributed by atoms with Crippen LogP contribution in [0.5, 0.6) is 0 Å². The molecular formula is C23H17N3O6. The second-order valence-electron chi connectivity index (χ2n) is 8.67. The molecule has 0 bridgehead atoms. The summed E-state index contributed by atoms with van der Waals surface area (Å²) in [7, 11) is 0. The Kier molecular flexibility index (Phi) is 3.66. The smallest absolute Gasteiger partial charge is 0.271 e. The van der Waals surface area contributed by atoms with Gasteiger partial charge in [-0.05, 0) is 25.5 Å². The van der Waals surface area contributed by atoms with Crippen LogP contribution < -0.4 is 4.90 Å². The first-order valence-corrected chi connectivity index (χ1v) is 10.5. The summed E-state index contributed by atoms with van der Waals surface area (Å²) in [6, 6.07) is 11.4. The Labute approximate surface area is 181 Å². The van der Waals surface area contributed by atoms with Crippen LogP contribution in [0.2, 0.25) is 0 Å². The molecule has 3 aliphatic heterocycles. The number of non-ortho nitro benzene ring substituents is 1. The highest BCUT2D eigenvalue weighted by molar-refractivity contribution is 6.37. The van der Waals surface area contributed by atoms with Crippen molar-refractivity contribution < 1.29 is 24.1 Å². The standard InChI is InChI=1S/C23H17N3O6/c27-19-14-7-1-2-8-15(14)20(28)23(19)18-17(16-9-4-10-24(16)23)21(29)25(22(18)30)12-5-3-6-13(11-12)26(31)32/h1-3,5-8,11,16-18H,4,9-10H2/t16-,17+,18+/m1/s1. The van der Waals surface area contributed by atoms with Crippen molar-refractivity contribution in [1.82, 2.24) is 4.90 Å². The fraction of sp³-hybridized carbons (Fsp3) is 0.304. The molecule has 0 unspecified atom stereocenters. The molecule has 1 aliphatic carbocycles. The van der Waals surface area contributed by atoms with Gasteiger partial charge in [-0.15, -0.1) is 0 Å². The number of carbonyl (C=O) groups is 4. The van der Waals surface area contributed by atoms with Crippen LogP contribution in [0.3, 0.4) is 0 Å². The van der Waals surface area contributed by atoms with Gasteiger partial charge in [-0.2, -0.15) is 0 Å². The van der Waals surface area contributed by atoms with Gasteiger partial charge in [0.25, 0.3) is 5.69 Å². The van der Waals surface area contributed by atoms with Crippen LogP contribution in [0.4, 0.5) is 11.4 Å². The minimum absolute atomic E-state index is 0.0821. The van der Waals surface area contributed by atoms with E-state index in [1.54, 1.807) is 29.2 Å². The molecule has 1 spiro atoms. The first-order chi connectivity index (χ1) is 15.4. The van der Waals surface area contributed by atoms with Crippen molar-refractivity contribution in [1.29, 1.82) is 0 Å². The Hall–Kier alpha value is -3.72. The number of ketones is 2. The van der Waals surface area contributed by atoms with E-state index in [-0.39, 0.29) is 22.5 Å². The monoisotopic (exact) mass is 431 g/mol. The van der Waals surface area contributed by atoms with E-state index in [0.717, 1.165) is 4.90 Å². The SMILES string of the molecule is O=C1[C@H]2[C@H]3CCCN3C3(C(=O)c4ccccc4C3=O)[C@@H]2C(=O)N1c1cccc([N+](=O)[O-])c1. The highest BCUT2D eigenvalue weighted by Crippen LogP contribution is 2.57. The molecule has 0 aromatic heterocycles. The van der Waals surface area contributed by atoms with Crippen molar-refractivity contribution >= 4 is 34.8 Å². The van der Waals surface area contributed by atoms with Crippen LogP contribution in [-0.2, 0) is 9.59 Å². The van der Waals surface area contributed by atoms with Crippen molar-refractivity contribution in [2.24, 2.45) is 11.8 Å². The second-order valence-corrected chi connectivity index (χ2v) is 8.67. The van der Waals surface area contributed by atoms with Gasteiger partial charge in [0.1, 0.15) is 0 Å². The highest BCUT2D eigenvalue weighted by Gasteiger charge is 2.76. The molecule has 3 heterocycles. The maximum Gasteiger partial charge on any atom is 0.271 e. The predicted octanol–water partition coefficient (Wildman–Crippen LogP) is 2.00. The number of benzene rings is 2. The number of nitro groups is 1. The number of nitrogens with zero attached hydrogens (tertiary/aromatic N) is 3. The first kappa shape index (κ1) is 19.0. The zero-order chi connectivity index (χ0) is 22.4. The van der Waals surface area contributed by atoms with Crippen LogP contribution in [0.15, 0.2) is 48.5 Å². The third-order valence-electron chi connectivity index (χ3n) is 7.38. The number of hydrogen-bond acceptors (Lipinski definition) is 7. The Morgan fingerprint density at radius 2 is 1.62 bits per heavy atom. The average Bonchev–Trinajstić information content (AvgIpc) is 3.48. The molecule has 0 N–H and O–H groups in total. The molecule has 9 heteroatoms. The Morgan fingerprint density at radius 3 is 2.28 bits per heavy atom. The molecular weight excluding hydrogens is 414 g/mol. The quantitative estimate of drug-likeness (QED) is 0.309. The maximum atomic E-state index is 13.7. The normalized spacial score (nSPS) is 27.9. The average molecular weight is 431 g/mol. The van der Waals surface area contributed by atoms with Crippen LogP contribution >= 0.6 is 0 Å². The number of imide groups is 1. The topological polar surface area (TPSA) is 118 Å². The number of anilines is 1. The highest BCUT2D eigenvalue weighted by atomic mass is 16.6. The van der Waals surface area contributed by atoms with Crippen LogP contribution in [0, 0.1) is 22.0 Å². The molecule has 32 heavy (non-hydrogen) atoms. The molecule has 9 nitrogen and oxygen atoms in total. The van der Waals surface area contributed by atoms with Gasteiger partial charge in [-0.1, -0.05) is 30.3 Å². The zero-order valence-corrected chi connectivity index (χ0v) is 16.8. The minimum Gasteiger partial charge on any atom is -0.291 e. The molecule has 160 valence electrons. The van der Waals surface area contributed by atoms with Crippen LogP contribution in [-0.4, -0.2) is 51.3 Å². The molecule has 0 saturated carbocycles. The van der Waals surface area contributed by atoms with Gasteiger partial charge in [-0.25, -0.2) is 4.90 Å². The summed E-state index contributed by atoms with van der Waals surface area (Å²) in [4.78, 5) is 68.0. The summed E-state index contributed by atoms with van der Waals surface area (Å²) < 4.78 is 0. The molecule has 3 atom stereocenters. The lowest BCUT2D eigenvalue weighted by Crippen LogP contribution is -2.59. The first-order valence-electron chi connectivity index (χ1n) is 10.5. The van der Waals surface area contributed by atoms with E-state index < -0.39 is 51.7 Å². The van der Waals surface area contributed by atoms with Gasteiger partial charge >= 0.3 is 0 Å². The minimum atomic E-state index is -1.72. The van der Waals surface area contributed by atoms with Gasteiger partial charge in [0.2, 0.25) is 11.8 Å². The summed E-state index contributed by atoms with van der Waals surface area (Å²) in [5.41, 5.74) is -1.34. The van der Waals surface area contributed by atoms with E-state index in [0.29, 0.717) is 19.4 Å². The number of fused-ring (bicyclic) bond motifs is 6. The number of Topliss-reactive ketones (excluding diaryl/α,β-unsaturated/α-hetero) is 2. The van der Waals surface area contributed by atoms with Gasteiger partial charge in [0, 0.05) is 29.3 Å². The van der Waals surface area contributed by atoms with Crippen LogP contribution in [0.1, 0.15) is 33.6 Å². The Balaban J connectivity index is 1.53. The molecule has 2 aromatic carbocycles. The summed E-state index contributed by atoms with van der Waals surface area (Å²) >= 11 is 0. The van der Waals surface area contributed by atoms with Crippen molar-refractivity contribution in [3.63, 3.8) is 0 Å². The number of hydrogen-bond donors (Lipinski definition) is 0. The van der Waals surface area contributed by atoms with E-state index >= 15 is 0 Å². The van der Waals surface area contributed by atoms with E-state index in [4.69, 9.17) is 0 Å². The second kappa shape index (κ2) is 6.17. The summed E-state index contributed by atoms with van der Waals surface area (Å²) in [6.07, 6.45) is 1.31. The largest absolute Gasteiger partial charge is 0.291 e. The van der Waals surface area contributed by atoms with Gasteiger partial charge < -0.3 is 0 Å². The lowest BCUT2D eigenvalue weighted by molar-refractivity contribution is -0.384. The fourth-order valence-corrected chi connectivity index (χ4v) is 6.24. The Morgan fingerprint density at radius 1 is 0.938 bits per heavy atom. The Bertz CT molecular complexity index is 1230. The van der Waals surface area contributed by atoms with Crippen molar-refractivity contribution in [3.05, 3.63) is 69.8 Å².